The third-order valence-corrected chi connectivity index (χ3v) is 3.49. The summed E-state index contributed by atoms with van der Waals surface area (Å²) in [5.41, 5.74) is 7.99. The van der Waals surface area contributed by atoms with Crippen LogP contribution >= 0.6 is 0 Å². The molecule has 0 spiro atoms. The number of nitrogens with two attached hydrogens (primary N) is 1. The molecule has 2 N–H and O–H groups in total. The van der Waals surface area contributed by atoms with Crippen molar-refractivity contribution in [3.05, 3.63) is 5.69 Å². The highest BCUT2D eigenvalue weighted by Crippen LogP contribution is 2.27. The molecule has 18 heavy (non-hydrogen) atoms. The van der Waals surface area contributed by atoms with Crippen LogP contribution in [0.5, 0.6) is 0 Å². The first-order chi connectivity index (χ1) is 8.54. The highest BCUT2D eigenvalue weighted by atomic mass is 15.4. The molecule has 0 aromatic carbocycles. The quantitative estimate of drug-likeness (QED) is 0.811. The van der Waals surface area contributed by atoms with Gasteiger partial charge in [-0.25, -0.2) is 4.68 Å². The number of aromatic nitrogens is 2. The first kappa shape index (κ1) is 14.9. The lowest BCUT2D eigenvalue weighted by Gasteiger charge is -2.27. The minimum atomic E-state index is 0.676. The van der Waals surface area contributed by atoms with Crippen molar-refractivity contribution in [3.8, 4) is 0 Å². The van der Waals surface area contributed by atoms with Crippen LogP contribution in [0.25, 0.3) is 0 Å². The van der Waals surface area contributed by atoms with E-state index < -0.39 is 0 Å². The molecule has 1 aromatic rings. The van der Waals surface area contributed by atoms with E-state index >= 15 is 0 Å². The SMILES string of the molecule is CCCn1nc(C)c(N)c1N(CC)CC(C)CC. The van der Waals surface area contributed by atoms with E-state index in [0.717, 1.165) is 43.3 Å². The van der Waals surface area contributed by atoms with E-state index in [2.05, 4.69) is 42.4 Å². The first-order valence-electron chi connectivity index (χ1n) is 7.12. The smallest absolute Gasteiger partial charge is 0.150 e. The van der Waals surface area contributed by atoms with Crippen LogP contribution in [0.1, 0.15) is 46.2 Å². The topological polar surface area (TPSA) is 47.1 Å². The van der Waals surface area contributed by atoms with Gasteiger partial charge in [-0.2, -0.15) is 5.10 Å². The second-order valence-corrected chi connectivity index (χ2v) is 5.10. The molecule has 1 aromatic heterocycles. The molecule has 0 aliphatic heterocycles. The summed E-state index contributed by atoms with van der Waals surface area (Å²) in [6.45, 7) is 13.8. The summed E-state index contributed by atoms with van der Waals surface area (Å²) in [5, 5.41) is 4.55. The molecule has 0 saturated carbocycles. The normalized spacial score (nSPS) is 12.7. The van der Waals surface area contributed by atoms with Crippen molar-refractivity contribution in [1.29, 1.82) is 0 Å². The predicted octanol–water partition coefficient (Wildman–Crippen LogP) is 3.06. The van der Waals surface area contributed by atoms with Gasteiger partial charge in [-0.15, -0.1) is 0 Å². The Hall–Kier alpha value is -1.19. The number of rotatable bonds is 7. The Morgan fingerprint density at radius 2 is 2.00 bits per heavy atom. The molecule has 1 unspecified atom stereocenters. The minimum absolute atomic E-state index is 0.676. The van der Waals surface area contributed by atoms with Gasteiger partial charge >= 0.3 is 0 Å². The molecular weight excluding hydrogens is 224 g/mol. The van der Waals surface area contributed by atoms with Crippen LogP contribution in [0.3, 0.4) is 0 Å². The molecule has 1 rings (SSSR count). The highest BCUT2D eigenvalue weighted by molar-refractivity contribution is 5.66. The number of hydrogen-bond acceptors (Lipinski definition) is 3. The average molecular weight is 252 g/mol. The monoisotopic (exact) mass is 252 g/mol. The Labute approximate surface area is 111 Å². The molecule has 0 amide bonds. The second-order valence-electron chi connectivity index (χ2n) is 5.10. The summed E-state index contributed by atoms with van der Waals surface area (Å²) >= 11 is 0. The van der Waals surface area contributed by atoms with Crippen LogP contribution in [0.4, 0.5) is 11.5 Å². The zero-order valence-electron chi connectivity index (χ0n) is 12.5. The molecule has 1 heterocycles. The van der Waals surface area contributed by atoms with Gasteiger partial charge in [0, 0.05) is 19.6 Å². The van der Waals surface area contributed by atoms with Gasteiger partial charge in [0.1, 0.15) is 0 Å². The van der Waals surface area contributed by atoms with Crippen molar-refractivity contribution in [1.82, 2.24) is 9.78 Å². The molecule has 104 valence electrons. The number of aryl methyl sites for hydroxylation is 2. The van der Waals surface area contributed by atoms with E-state index in [9.17, 15) is 0 Å². The lowest BCUT2D eigenvalue weighted by atomic mass is 10.1. The molecule has 0 aliphatic rings. The number of anilines is 2. The fourth-order valence-electron chi connectivity index (χ4n) is 2.16. The maximum Gasteiger partial charge on any atom is 0.150 e. The zero-order chi connectivity index (χ0) is 13.7. The van der Waals surface area contributed by atoms with Crippen molar-refractivity contribution < 1.29 is 0 Å². The second kappa shape index (κ2) is 6.66. The van der Waals surface area contributed by atoms with Crippen LogP contribution < -0.4 is 10.6 Å². The average Bonchev–Trinajstić information content (AvgIpc) is 2.63. The standard InChI is InChI=1S/C14H28N4/c1-6-9-18-14(13(15)12(5)16-18)17(8-3)10-11(4)7-2/h11H,6-10,15H2,1-5H3. The summed E-state index contributed by atoms with van der Waals surface area (Å²) in [6.07, 6.45) is 2.27. The third kappa shape index (κ3) is 3.18. The van der Waals surface area contributed by atoms with E-state index in [-0.39, 0.29) is 0 Å². The minimum Gasteiger partial charge on any atom is -0.394 e. The summed E-state index contributed by atoms with van der Waals surface area (Å²) < 4.78 is 2.07. The van der Waals surface area contributed by atoms with Gasteiger partial charge in [-0.1, -0.05) is 27.2 Å². The van der Waals surface area contributed by atoms with Crippen LogP contribution in [0.2, 0.25) is 0 Å². The van der Waals surface area contributed by atoms with Crippen molar-refractivity contribution in [3.63, 3.8) is 0 Å². The molecule has 0 radical (unpaired) electrons. The summed E-state index contributed by atoms with van der Waals surface area (Å²) in [4.78, 5) is 2.36. The molecule has 4 heteroatoms. The Morgan fingerprint density at radius 3 is 2.50 bits per heavy atom. The molecular formula is C14H28N4. The summed E-state index contributed by atoms with van der Waals surface area (Å²) in [6, 6.07) is 0. The maximum absolute atomic E-state index is 6.20. The van der Waals surface area contributed by atoms with Gasteiger partial charge in [-0.3, -0.25) is 0 Å². The summed E-state index contributed by atoms with van der Waals surface area (Å²) in [7, 11) is 0. The lowest BCUT2D eigenvalue weighted by molar-refractivity contribution is 0.526. The van der Waals surface area contributed by atoms with Crippen molar-refractivity contribution in [2.45, 2.75) is 54.0 Å². The Balaban J connectivity index is 3.03. The molecule has 0 aliphatic carbocycles. The first-order valence-corrected chi connectivity index (χ1v) is 7.12. The van der Waals surface area contributed by atoms with Crippen molar-refractivity contribution in [2.75, 3.05) is 23.7 Å². The highest BCUT2D eigenvalue weighted by Gasteiger charge is 2.18. The zero-order valence-corrected chi connectivity index (χ0v) is 12.5. The van der Waals surface area contributed by atoms with Crippen LogP contribution in [-0.2, 0) is 6.54 Å². The molecule has 0 bridgehead atoms. The largest absolute Gasteiger partial charge is 0.394 e. The molecule has 0 fully saturated rings. The van der Waals surface area contributed by atoms with Crippen LogP contribution in [0.15, 0.2) is 0 Å². The van der Waals surface area contributed by atoms with E-state index in [4.69, 9.17) is 5.73 Å². The third-order valence-electron chi connectivity index (χ3n) is 3.49. The summed E-state index contributed by atoms with van der Waals surface area (Å²) in [5.74, 6) is 1.78. The van der Waals surface area contributed by atoms with Gasteiger partial charge in [0.05, 0.1) is 11.4 Å². The van der Waals surface area contributed by atoms with E-state index in [1.807, 2.05) is 6.92 Å². The Bertz CT molecular complexity index is 370. The lowest BCUT2D eigenvalue weighted by Crippen LogP contribution is -2.31. The van der Waals surface area contributed by atoms with Gasteiger partial charge < -0.3 is 10.6 Å². The molecule has 4 nitrogen and oxygen atoms in total. The number of nitrogen functional groups attached to an aromatic ring is 1. The van der Waals surface area contributed by atoms with Gasteiger partial charge in [0.15, 0.2) is 5.82 Å². The van der Waals surface area contributed by atoms with Gasteiger partial charge in [-0.05, 0) is 26.2 Å². The number of nitrogens with zero attached hydrogens (tertiary/aromatic N) is 3. The van der Waals surface area contributed by atoms with Crippen LogP contribution in [0, 0.1) is 12.8 Å². The molecule has 0 saturated heterocycles. The maximum atomic E-state index is 6.20. The van der Waals surface area contributed by atoms with E-state index in [1.165, 1.54) is 6.42 Å². The van der Waals surface area contributed by atoms with E-state index in [1.54, 1.807) is 0 Å². The number of hydrogen-bond donors (Lipinski definition) is 1. The fourth-order valence-corrected chi connectivity index (χ4v) is 2.16. The Morgan fingerprint density at radius 1 is 1.33 bits per heavy atom. The van der Waals surface area contributed by atoms with E-state index in [0.29, 0.717) is 5.92 Å². The fraction of sp³-hybridized carbons (Fsp3) is 0.786. The van der Waals surface area contributed by atoms with Crippen LogP contribution in [-0.4, -0.2) is 22.9 Å². The van der Waals surface area contributed by atoms with Crippen molar-refractivity contribution in [2.24, 2.45) is 5.92 Å². The van der Waals surface area contributed by atoms with Crippen molar-refractivity contribution >= 4 is 11.5 Å². The molecule has 1 atom stereocenters. The van der Waals surface area contributed by atoms with Gasteiger partial charge in [0.25, 0.3) is 0 Å². The van der Waals surface area contributed by atoms with Gasteiger partial charge in [0.2, 0.25) is 0 Å². The Kier molecular flexibility index (Phi) is 5.51. The predicted molar refractivity (Wildman–Crippen MR) is 79.0 cm³/mol.